The number of benzene rings is 2. The number of hydrogen-bond acceptors (Lipinski definition) is 3. The first-order valence-corrected chi connectivity index (χ1v) is 8.43. The molecule has 0 spiro atoms. The van der Waals surface area contributed by atoms with Crippen LogP contribution in [0.25, 0.3) is 0 Å². The lowest BCUT2D eigenvalue weighted by Crippen LogP contribution is -2.24. The van der Waals surface area contributed by atoms with Crippen LogP contribution in [0.1, 0.15) is 0 Å². The lowest BCUT2D eigenvalue weighted by atomic mass is 10.3. The van der Waals surface area contributed by atoms with Crippen LogP contribution in [0.4, 0.5) is 4.39 Å². The second kappa shape index (κ2) is 7.97. The number of rotatable bonds is 5. The molecule has 0 fully saturated rings. The van der Waals surface area contributed by atoms with E-state index in [1.165, 1.54) is 36.4 Å². The summed E-state index contributed by atoms with van der Waals surface area (Å²) in [5.74, 6) is 4.83. The van der Waals surface area contributed by atoms with E-state index in [-0.39, 0.29) is 23.8 Å². The van der Waals surface area contributed by atoms with Gasteiger partial charge < -0.3 is 4.74 Å². The first-order chi connectivity index (χ1) is 11.0. The number of nitrogens with one attached hydrogen (secondary N) is 1. The molecule has 120 valence electrons. The van der Waals surface area contributed by atoms with Crippen molar-refractivity contribution in [3.63, 3.8) is 0 Å². The van der Waals surface area contributed by atoms with Gasteiger partial charge in [-0.05, 0) is 36.4 Å². The first kappa shape index (κ1) is 17.3. The minimum atomic E-state index is -3.64. The number of halogens is 2. The van der Waals surface area contributed by atoms with Crippen molar-refractivity contribution in [2.75, 3.05) is 13.2 Å². The third-order valence-corrected chi connectivity index (χ3v) is 4.41. The summed E-state index contributed by atoms with van der Waals surface area (Å²) in [5, 5.41) is 0.453. The Bertz CT molecular complexity index is 826. The molecule has 0 aliphatic carbocycles. The van der Waals surface area contributed by atoms with Crippen molar-refractivity contribution >= 4 is 21.6 Å². The third-order valence-electron chi connectivity index (χ3n) is 2.74. The van der Waals surface area contributed by atoms with E-state index in [4.69, 9.17) is 16.3 Å². The van der Waals surface area contributed by atoms with Crippen molar-refractivity contribution in [1.29, 1.82) is 0 Å². The Morgan fingerprint density at radius 1 is 1.09 bits per heavy atom. The fraction of sp³-hybridized carbons (Fsp3) is 0.125. The molecule has 0 saturated heterocycles. The molecular weight excluding hydrogens is 341 g/mol. The van der Waals surface area contributed by atoms with Gasteiger partial charge in [0.05, 0.1) is 11.4 Å². The van der Waals surface area contributed by atoms with E-state index in [0.717, 1.165) is 0 Å². The molecule has 0 heterocycles. The van der Waals surface area contributed by atoms with Crippen LogP contribution >= 0.6 is 11.6 Å². The molecule has 0 radical (unpaired) electrons. The quantitative estimate of drug-likeness (QED) is 0.841. The summed E-state index contributed by atoms with van der Waals surface area (Å²) < 4.78 is 44.6. The average molecular weight is 354 g/mol. The lowest BCUT2D eigenvalue weighted by molar-refractivity contribution is 0.348. The highest BCUT2D eigenvalue weighted by Gasteiger charge is 2.11. The lowest BCUT2D eigenvalue weighted by Gasteiger charge is -2.04. The molecule has 0 bridgehead atoms. The molecule has 0 saturated carbocycles. The van der Waals surface area contributed by atoms with Crippen molar-refractivity contribution < 1.29 is 17.5 Å². The fourth-order valence-corrected chi connectivity index (χ4v) is 2.67. The summed E-state index contributed by atoms with van der Waals surface area (Å²) in [7, 11) is -3.64. The fourth-order valence-electron chi connectivity index (χ4n) is 1.62. The van der Waals surface area contributed by atoms with E-state index >= 15 is 0 Å². The van der Waals surface area contributed by atoms with Gasteiger partial charge in [-0.2, -0.15) is 4.72 Å². The SMILES string of the molecule is O=S(=O)(NCC#CCOc1ccccc1F)c1ccc(Cl)cc1. The molecule has 0 aliphatic rings. The highest BCUT2D eigenvalue weighted by Crippen LogP contribution is 2.15. The van der Waals surface area contributed by atoms with Crippen molar-refractivity contribution in [1.82, 2.24) is 4.72 Å². The van der Waals surface area contributed by atoms with Gasteiger partial charge in [0.15, 0.2) is 11.6 Å². The van der Waals surface area contributed by atoms with E-state index in [9.17, 15) is 12.8 Å². The maximum Gasteiger partial charge on any atom is 0.241 e. The Kier molecular flexibility index (Phi) is 5.99. The first-order valence-electron chi connectivity index (χ1n) is 6.57. The van der Waals surface area contributed by atoms with Crippen LogP contribution in [0.15, 0.2) is 53.4 Å². The Morgan fingerprint density at radius 2 is 1.78 bits per heavy atom. The summed E-state index contributed by atoms with van der Waals surface area (Å²) in [6.07, 6.45) is 0. The van der Waals surface area contributed by atoms with E-state index in [2.05, 4.69) is 16.6 Å². The van der Waals surface area contributed by atoms with Gasteiger partial charge in [-0.15, -0.1) is 0 Å². The van der Waals surface area contributed by atoms with E-state index in [0.29, 0.717) is 5.02 Å². The van der Waals surface area contributed by atoms with E-state index in [1.54, 1.807) is 12.1 Å². The van der Waals surface area contributed by atoms with Crippen LogP contribution in [0.5, 0.6) is 5.75 Å². The minimum Gasteiger partial charge on any atom is -0.478 e. The molecule has 4 nitrogen and oxygen atoms in total. The van der Waals surface area contributed by atoms with Crippen LogP contribution in [-0.2, 0) is 10.0 Å². The van der Waals surface area contributed by atoms with Crippen LogP contribution in [0.3, 0.4) is 0 Å². The summed E-state index contributed by atoms with van der Waals surface area (Å²) >= 11 is 5.71. The number of hydrogen-bond donors (Lipinski definition) is 1. The minimum absolute atomic E-state index is 0.0381. The summed E-state index contributed by atoms with van der Waals surface area (Å²) in [6.45, 7) is -0.116. The zero-order chi connectivity index (χ0) is 16.7. The van der Waals surface area contributed by atoms with Gasteiger partial charge in [0.25, 0.3) is 0 Å². The standard InChI is InChI=1S/C16H13ClFNO3S/c17-13-7-9-14(10-8-13)23(20,21)19-11-3-4-12-22-16-6-2-1-5-15(16)18/h1-2,5-10,19H,11-12H2. The normalized spacial score (nSPS) is 10.7. The van der Waals surface area contributed by atoms with Crippen molar-refractivity contribution in [2.24, 2.45) is 0 Å². The second-order valence-electron chi connectivity index (χ2n) is 4.35. The second-order valence-corrected chi connectivity index (χ2v) is 6.55. The predicted octanol–water partition coefficient (Wildman–Crippen LogP) is 2.84. The van der Waals surface area contributed by atoms with Gasteiger partial charge in [-0.25, -0.2) is 12.8 Å². The molecule has 7 heteroatoms. The number of para-hydroxylation sites is 1. The van der Waals surface area contributed by atoms with Gasteiger partial charge in [0.2, 0.25) is 10.0 Å². The summed E-state index contributed by atoms with van der Waals surface area (Å²) in [6, 6.07) is 11.8. The molecule has 0 atom stereocenters. The average Bonchev–Trinajstić information content (AvgIpc) is 2.52. The van der Waals surface area contributed by atoms with Gasteiger partial charge in [-0.1, -0.05) is 35.6 Å². The molecular formula is C16H13ClFNO3S. The number of ether oxygens (including phenoxy) is 1. The molecule has 2 aromatic rings. The van der Waals surface area contributed by atoms with Crippen LogP contribution in [0, 0.1) is 17.7 Å². The zero-order valence-corrected chi connectivity index (χ0v) is 13.5. The van der Waals surface area contributed by atoms with Gasteiger partial charge in [-0.3, -0.25) is 0 Å². The Labute approximate surface area is 139 Å². The maximum atomic E-state index is 13.3. The van der Waals surface area contributed by atoms with Crippen LogP contribution in [-0.4, -0.2) is 21.6 Å². The third kappa shape index (κ3) is 5.25. The molecule has 23 heavy (non-hydrogen) atoms. The Morgan fingerprint density at radius 3 is 2.48 bits per heavy atom. The smallest absolute Gasteiger partial charge is 0.241 e. The molecule has 0 aliphatic heterocycles. The molecule has 0 aromatic heterocycles. The van der Waals surface area contributed by atoms with Gasteiger partial charge >= 0.3 is 0 Å². The van der Waals surface area contributed by atoms with Crippen molar-refractivity contribution in [3.05, 3.63) is 59.4 Å². The summed E-state index contributed by atoms with van der Waals surface area (Å²) in [4.78, 5) is 0.103. The highest BCUT2D eigenvalue weighted by atomic mass is 35.5. The number of sulfonamides is 1. The predicted molar refractivity (Wildman–Crippen MR) is 86.3 cm³/mol. The zero-order valence-electron chi connectivity index (χ0n) is 11.9. The van der Waals surface area contributed by atoms with Crippen molar-refractivity contribution in [2.45, 2.75) is 4.90 Å². The van der Waals surface area contributed by atoms with E-state index < -0.39 is 15.8 Å². The molecule has 0 unspecified atom stereocenters. The maximum absolute atomic E-state index is 13.3. The largest absolute Gasteiger partial charge is 0.478 e. The van der Waals surface area contributed by atoms with E-state index in [1.807, 2.05) is 0 Å². The highest BCUT2D eigenvalue weighted by molar-refractivity contribution is 7.89. The molecule has 2 aromatic carbocycles. The van der Waals surface area contributed by atoms with Gasteiger partial charge in [0.1, 0.15) is 6.61 Å². The Balaban J connectivity index is 1.83. The van der Waals surface area contributed by atoms with Crippen LogP contribution in [0.2, 0.25) is 5.02 Å². The topological polar surface area (TPSA) is 55.4 Å². The monoisotopic (exact) mass is 353 g/mol. The van der Waals surface area contributed by atoms with Crippen molar-refractivity contribution in [3.8, 4) is 17.6 Å². The van der Waals surface area contributed by atoms with Crippen LogP contribution < -0.4 is 9.46 Å². The van der Waals surface area contributed by atoms with Gasteiger partial charge in [0, 0.05) is 5.02 Å². The Hall–Kier alpha value is -2.07. The molecule has 2 rings (SSSR count). The molecule has 0 amide bonds. The molecule has 1 N–H and O–H groups in total. The summed E-state index contributed by atoms with van der Waals surface area (Å²) in [5.41, 5.74) is 0.